The van der Waals surface area contributed by atoms with Crippen molar-refractivity contribution in [3.63, 3.8) is 0 Å². The van der Waals surface area contributed by atoms with Crippen LogP contribution in [0, 0.1) is 0 Å². The molecular formula is C11H12ClN3O3. The van der Waals surface area contributed by atoms with Crippen LogP contribution in [0.5, 0.6) is 0 Å². The lowest BCUT2D eigenvalue weighted by molar-refractivity contribution is -0.154. The number of benzene rings is 1. The van der Waals surface area contributed by atoms with Crippen molar-refractivity contribution >= 4 is 23.3 Å². The van der Waals surface area contributed by atoms with Crippen molar-refractivity contribution in [1.29, 1.82) is 0 Å². The number of nitrogens with zero attached hydrogens (tertiary/aromatic N) is 1. The maximum absolute atomic E-state index is 11.7. The van der Waals surface area contributed by atoms with Crippen LogP contribution < -0.4 is 11.4 Å². The van der Waals surface area contributed by atoms with Crippen LogP contribution in [0.2, 0.25) is 5.02 Å². The van der Waals surface area contributed by atoms with E-state index in [4.69, 9.17) is 17.4 Å². The first-order valence-electron chi connectivity index (χ1n) is 5.16. The number of nitrogens with one attached hydrogen (secondary N) is 1. The Morgan fingerprint density at radius 3 is 3.00 bits per heavy atom. The van der Waals surface area contributed by atoms with Gasteiger partial charge in [0, 0.05) is 17.0 Å². The van der Waals surface area contributed by atoms with Gasteiger partial charge >= 0.3 is 5.97 Å². The zero-order valence-electron chi connectivity index (χ0n) is 9.61. The molecule has 0 amide bonds. The summed E-state index contributed by atoms with van der Waals surface area (Å²) in [7, 11) is 1.20. The molecule has 0 saturated carbocycles. The second kappa shape index (κ2) is 4.56. The Bertz CT molecular complexity index is 532. The van der Waals surface area contributed by atoms with Gasteiger partial charge in [-0.25, -0.2) is 16.2 Å². The number of hydrazone groups is 1. The topological polar surface area (TPSA) is 96.9 Å². The van der Waals surface area contributed by atoms with Crippen LogP contribution in [-0.4, -0.2) is 29.5 Å². The SMILES string of the molecule is COC(=O)C1(O)Cc2cc(Cl)ccc2C1=NNN. The van der Waals surface area contributed by atoms with E-state index in [0.717, 1.165) is 0 Å². The van der Waals surface area contributed by atoms with Gasteiger partial charge in [0.1, 0.15) is 5.71 Å². The summed E-state index contributed by atoms with van der Waals surface area (Å²) in [5.74, 6) is 4.34. The van der Waals surface area contributed by atoms with Crippen molar-refractivity contribution < 1.29 is 14.6 Å². The molecule has 4 N–H and O–H groups in total. The first kappa shape index (κ1) is 12.8. The molecule has 1 aromatic rings. The smallest absolute Gasteiger partial charge is 0.344 e. The van der Waals surface area contributed by atoms with Crippen LogP contribution >= 0.6 is 11.6 Å². The molecule has 1 aliphatic rings. The van der Waals surface area contributed by atoms with Gasteiger partial charge in [0.2, 0.25) is 5.60 Å². The monoisotopic (exact) mass is 269 g/mol. The van der Waals surface area contributed by atoms with Crippen LogP contribution in [0.3, 0.4) is 0 Å². The highest BCUT2D eigenvalue weighted by molar-refractivity contribution is 6.31. The Balaban J connectivity index is 2.56. The third-order valence-corrected chi connectivity index (χ3v) is 3.09. The minimum Gasteiger partial charge on any atom is -0.467 e. The molecule has 96 valence electrons. The number of hydrazine groups is 1. The first-order valence-corrected chi connectivity index (χ1v) is 5.54. The number of rotatable bonds is 2. The Hall–Kier alpha value is -1.63. The fourth-order valence-corrected chi connectivity index (χ4v) is 2.27. The largest absolute Gasteiger partial charge is 0.467 e. The predicted molar refractivity (Wildman–Crippen MR) is 66.0 cm³/mol. The second-order valence-corrected chi connectivity index (χ2v) is 4.36. The zero-order valence-corrected chi connectivity index (χ0v) is 10.4. The maximum Gasteiger partial charge on any atom is 0.344 e. The molecule has 0 saturated heterocycles. The van der Waals surface area contributed by atoms with E-state index in [2.05, 4.69) is 15.4 Å². The average Bonchev–Trinajstić information content (AvgIpc) is 2.62. The van der Waals surface area contributed by atoms with Gasteiger partial charge in [-0.3, -0.25) is 0 Å². The van der Waals surface area contributed by atoms with Gasteiger partial charge in [-0.2, -0.15) is 5.10 Å². The van der Waals surface area contributed by atoms with Gasteiger partial charge in [-0.1, -0.05) is 17.7 Å². The molecule has 0 aliphatic heterocycles. The Kier molecular flexibility index (Phi) is 3.25. The lowest BCUT2D eigenvalue weighted by Crippen LogP contribution is -2.46. The minimum absolute atomic E-state index is 0.0517. The molecule has 7 heteroatoms. The van der Waals surface area contributed by atoms with Gasteiger partial charge in [0.05, 0.1) is 7.11 Å². The molecule has 0 radical (unpaired) electrons. The van der Waals surface area contributed by atoms with Crippen molar-refractivity contribution in [1.82, 2.24) is 5.53 Å². The van der Waals surface area contributed by atoms with Crippen molar-refractivity contribution in [3.8, 4) is 0 Å². The highest BCUT2D eigenvalue weighted by Crippen LogP contribution is 2.33. The van der Waals surface area contributed by atoms with Crippen LogP contribution in [-0.2, 0) is 16.0 Å². The number of hydrogen-bond donors (Lipinski definition) is 3. The standard InChI is InChI=1S/C11H12ClN3O3/c1-18-10(16)11(17)5-6-4-7(12)2-3-8(6)9(11)14-15-13/h2-4,15,17H,5,13H2,1H3. The molecule has 6 nitrogen and oxygen atoms in total. The normalized spacial score (nSPS) is 23.9. The highest BCUT2D eigenvalue weighted by Gasteiger charge is 2.49. The summed E-state index contributed by atoms with van der Waals surface area (Å²) in [6.45, 7) is 0. The summed E-state index contributed by atoms with van der Waals surface area (Å²) in [5, 5.41) is 14.7. The fourth-order valence-electron chi connectivity index (χ4n) is 2.08. The summed E-state index contributed by atoms with van der Waals surface area (Å²) in [5.41, 5.74) is 1.70. The quantitative estimate of drug-likeness (QED) is 0.398. The minimum atomic E-state index is -1.84. The molecule has 0 spiro atoms. The summed E-state index contributed by atoms with van der Waals surface area (Å²) in [6, 6.07) is 4.99. The van der Waals surface area contributed by atoms with Crippen molar-refractivity contribution in [2.45, 2.75) is 12.0 Å². The molecule has 0 aromatic heterocycles. The van der Waals surface area contributed by atoms with Gasteiger partial charge < -0.3 is 9.84 Å². The molecule has 1 aliphatic carbocycles. The van der Waals surface area contributed by atoms with E-state index < -0.39 is 11.6 Å². The van der Waals surface area contributed by atoms with E-state index in [-0.39, 0.29) is 12.1 Å². The summed E-state index contributed by atoms with van der Waals surface area (Å²) < 4.78 is 4.60. The molecule has 0 bridgehead atoms. The number of aliphatic hydroxyl groups is 1. The molecule has 1 unspecified atom stereocenters. The van der Waals surface area contributed by atoms with Gasteiger partial charge in [-0.05, 0) is 17.7 Å². The third-order valence-electron chi connectivity index (χ3n) is 2.86. The van der Waals surface area contributed by atoms with Gasteiger partial charge in [0.15, 0.2) is 0 Å². The van der Waals surface area contributed by atoms with E-state index in [1.165, 1.54) is 7.11 Å². The summed E-state index contributed by atoms with van der Waals surface area (Å²) in [6.07, 6.45) is 0.0517. The predicted octanol–water partition coefficient (Wildman–Crippen LogP) is -0.0324. The third kappa shape index (κ3) is 1.84. The van der Waals surface area contributed by atoms with E-state index in [9.17, 15) is 9.90 Å². The van der Waals surface area contributed by atoms with Gasteiger partial charge in [0.25, 0.3) is 0 Å². The van der Waals surface area contributed by atoms with Crippen molar-refractivity contribution in [2.75, 3.05) is 7.11 Å². The lowest BCUT2D eigenvalue weighted by atomic mass is 9.99. The summed E-state index contributed by atoms with van der Waals surface area (Å²) in [4.78, 5) is 11.7. The number of halogens is 1. The number of carbonyl (C=O) groups excluding carboxylic acids is 1. The molecule has 1 aromatic carbocycles. The number of esters is 1. The maximum atomic E-state index is 11.7. The average molecular weight is 270 g/mol. The van der Waals surface area contributed by atoms with Crippen LogP contribution in [0.4, 0.5) is 0 Å². The second-order valence-electron chi connectivity index (χ2n) is 3.92. The molecule has 0 heterocycles. The van der Waals surface area contributed by atoms with Crippen LogP contribution in [0.25, 0.3) is 0 Å². The zero-order chi connectivity index (χ0) is 13.3. The number of hydrogen-bond acceptors (Lipinski definition) is 6. The fraction of sp³-hybridized carbons (Fsp3) is 0.273. The van der Waals surface area contributed by atoms with E-state index >= 15 is 0 Å². The Labute approximate surface area is 108 Å². The number of nitrogens with two attached hydrogens (primary N) is 1. The van der Waals surface area contributed by atoms with E-state index in [0.29, 0.717) is 16.1 Å². The molecule has 0 fully saturated rings. The van der Waals surface area contributed by atoms with Gasteiger partial charge in [-0.15, -0.1) is 0 Å². The van der Waals surface area contributed by atoms with Crippen LogP contribution in [0.15, 0.2) is 23.3 Å². The number of carbonyl (C=O) groups is 1. The number of ether oxygens (including phenoxy) is 1. The first-order chi connectivity index (χ1) is 8.52. The van der Waals surface area contributed by atoms with E-state index in [1.807, 2.05) is 0 Å². The van der Waals surface area contributed by atoms with Crippen LogP contribution in [0.1, 0.15) is 11.1 Å². The molecular weight excluding hydrogens is 258 g/mol. The van der Waals surface area contributed by atoms with Crippen molar-refractivity contribution in [3.05, 3.63) is 34.3 Å². The Morgan fingerprint density at radius 1 is 1.67 bits per heavy atom. The Morgan fingerprint density at radius 2 is 2.39 bits per heavy atom. The summed E-state index contributed by atoms with van der Waals surface area (Å²) >= 11 is 5.88. The molecule has 18 heavy (non-hydrogen) atoms. The number of methoxy groups -OCH3 is 1. The molecule has 2 rings (SSSR count). The number of fused-ring (bicyclic) bond motifs is 1. The van der Waals surface area contributed by atoms with E-state index in [1.54, 1.807) is 18.2 Å². The van der Waals surface area contributed by atoms with Crippen molar-refractivity contribution in [2.24, 2.45) is 10.9 Å². The highest BCUT2D eigenvalue weighted by atomic mass is 35.5. The molecule has 1 atom stereocenters. The lowest BCUT2D eigenvalue weighted by Gasteiger charge is -2.19.